The van der Waals surface area contributed by atoms with Crippen molar-refractivity contribution in [3.8, 4) is 11.3 Å². The monoisotopic (exact) mass is 401 g/mol. The second-order valence-electron chi connectivity index (χ2n) is 9.12. The van der Waals surface area contributed by atoms with Gasteiger partial charge in [0.15, 0.2) is 11.5 Å². The molecule has 0 unspecified atom stereocenters. The molecule has 30 heavy (non-hydrogen) atoms. The van der Waals surface area contributed by atoms with Crippen LogP contribution < -0.4 is 9.80 Å². The van der Waals surface area contributed by atoms with Crippen molar-refractivity contribution < 1.29 is 9.32 Å². The van der Waals surface area contributed by atoms with Gasteiger partial charge in [0.1, 0.15) is 5.52 Å². The van der Waals surface area contributed by atoms with Gasteiger partial charge in [-0.05, 0) is 44.1 Å². The van der Waals surface area contributed by atoms with E-state index < -0.39 is 0 Å². The van der Waals surface area contributed by atoms with Crippen LogP contribution in [-0.4, -0.2) is 37.1 Å². The van der Waals surface area contributed by atoms with Gasteiger partial charge in [0, 0.05) is 37.3 Å². The number of carbonyl (C=O) groups is 1. The van der Waals surface area contributed by atoms with Gasteiger partial charge >= 0.3 is 0 Å². The Morgan fingerprint density at radius 1 is 0.933 bits per heavy atom. The largest absolute Gasteiger partial charge is 0.371 e. The molecule has 3 heterocycles. The van der Waals surface area contributed by atoms with Gasteiger partial charge in [0.2, 0.25) is 0 Å². The highest BCUT2D eigenvalue weighted by Crippen LogP contribution is 2.47. The molecular weight excluding hydrogens is 374 g/mol. The van der Waals surface area contributed by atoms with Crippen molar-refractivity contribution in [3.05, 3.63) is 41.5 Å². The van der Waals surface area contributed by atoms with Crippen LogP contribution in [0.25, 0.3) is 22.2 Å². The number of anilines is 2. The predicted molar refractivity (Wildman–Crippen MR) is 120 cm³/mol. The van der Waals surface area contributed by atoms with Crippen molar-refractivity contribution in [1.82, 2.24) is 5.16 Å². The Labute approximate surface area is 176 Å². The Morgan fingerprint density at radius 2 is 1.63 bits per heavy atom. The second kappa shape index (κ2) is 6.86. The maximum Gasteiger partial charge on any atom is 0.196 e. The zero-order chi connectivity index (χ0) is 20.2. The summed E-state index contributed by atoms with van der Waals surface area (Å²) < 4.78 is 5.92. The first-order valence-electron chi connectivity index (χ1n) is 11.3. The van der Waals surface area contributed by atoms with E-state index in [-0.39, 0.29) is 5.78 Å². The number of benzene rings is 2. The van der Waals surface area contributed by atoms with Crippen molar-refractivity contribution >= 4 is 28.1 Å². The average molecular weight is 402 g/mol. The van der Waals surface area contributed by atoms with E-state index in [1.807, 2.05) is 24.3 Å². The van der Waals surface area contributed by atoms with Crippen LogP contribution in [0.4, 0.5) is 11.4 Å². The smallest absolute Gasteiger partial charge is 0.196 e. The predicted octanol–water partition coefficient (Wildman–Crippen LogP) is 5.27. The van der Waals surface area contributed by atoms with Crippen LogP contribution in [0.1, 0.15) is 54.9 Å². The van der Waals surface area contributed by atoms with E-state index in [4.69, 9.17) is 4.52 Å². The van der Waals surface area contributed by atoms with Crippen molar-refractivity contribution in [1.29, 1.82) is 0 Å². The minimum atomic E-state index is 0.102. The molecular formula is C25H27N3O2. The molecule has 5 heteroatoms. The van der Waals surface area contributed by atoms with Crippen LogP contribution in [-0.2, 0) is 0 Å². The normalized spacial score (nSPS) is 19.4. The van der Waals surface area contributed by atoms with E-state index >= 15 is 0 Å². The zero-order valence-electron chi connectivity index (χ0n) is 17.5. The first-order valence-corrected chi connectivity index (χ1v) is 11.3. The summed E-state index contributed by atoms with van der Waals surface area (Å²) in [6, 6.07) is 10.0. The summed E-state index contributed by atoms with van der Waals surface area (Å²) >= 11 is 0. The highest BCUT2D eigenvalue weighted by Gasteiger charge is 2.35. The molecule has 5 nitrogen and oxygen atoms in total. The number of hydrogen-bond donors (Lipinski definition) is 0. The third-order valence-corrected chi connectivity index (χ3v) is 7.18. The van der Waals surface area contributed by atoms with Gasteiger partial charge in [-0.25, -0.2) is 0 Å². The molecule has 154 valence electrons. The lowest BCUT2D eigenvalue weighted by Crippen LogP contribution is -2.34. The van der Waals surface area contributed by atoms with Gasteiger partial charge in [-0.3, -0.25) is 4.79 Å². The zero-order valence-corrected chi connectivity index (χ0v) is 17.5. The van der Waals surface area contributed by atoms with E-state index in [0.717, 1.165) is 76.8 Å². The second-order valence-corrected chi connectivity index (χ2v) is 9.12. The first-order chi connectivity index (χ1) is 14.7. The van der Waals surface area contributed by atoms with Crippen molar-refractivity contribution in [2.45, 2.75) is 39.0 Å². The van der Waals surface area contributed by atoms with E-state index in [9.17, 15) is 4.79 Å². The molecule has 0 amide bonds. The molecule has 2 fully saturated rings. The molecule has 0 atom stereocenters. The van der Waals surface area contributed by atoms with Crippen LogP contribution in [0.15, 0.2) is 34.9 Å². The van der Waals surface area contributed by atoms with Crippen molar-refractivity contribution in [2.75, 3.05) is 36.0 Å². The molecule has 2 aromatic carbocycles. The summed E-state index contributed by atoms with van der Waals surface area (Å²) in [6.45, 7) is 6.40. The van der Waals surface area contributed by atoms with Gasteiger partial charge < -0.3 is 14.3 Å². The van der Waals surface area contributed by atoms with E-state index in [1.165, 1.54) is 32.1 Å². The number of fused-ring (bicyclic) bond motifs is 2. The summed E-state index contributed by atoms with van der Waals surface area (Å²) in [5.41, 5.74) is 5.42. The lowest BCUT2D eigenvalue weighted by atomic mass is 9.85. The molecule has 3 aliphatic rings. The molecule has 1 aliphatic carbocycles. The fourth-order valence-corrected chi connectivity index (χ4v) is 5.40. The molecule has 0 spiro atoms. The molecule has 3 aromatic rings. The number of ketones is 1. The van der Waals surface area contributed by atoms with Crippen LogP contribution in [0.2, 0.25) is 0 Å². The first kappa shape index (κ1) is 18.0. The standard InChI is InChI=1S/C25H27N3O2/c1-16-9-13-28(14-10-16)20-15-19(27-11-5-2-6-12-27)21-22-23(20)26-30-25(22)18-8-4-3-7-17(18)24(21)29/h3-4,7-8,15-16H,2,5-6,9-14H2,1H3. The van der Waals surface area contributed by atoms with Crippen LogP contribution in [0.5, 0.6) is 0 Å². The average Bonchev–Trinajstić information content (AvgIpc) is 3.24. The lowest BCUT2D eigenvalue weighted by Gasteiger charge is -2.35. The molecule has 0 bridgehead atoms. The summed E-state index contributed by atoms with van der Waals surface area (Å²) in [6.07, 6.45) is 5.99. The molecule has 0 radical (unpaired) electrons. The Hall–Kier alpha value is -2.82. The number of rotatable bonds is 2. The van der Waals surface area contributed by atoms with Gasteiger partial charge in [0.25, 0.3) is 0 Å². The maximum atomic E-state index is 13.7. The van der Waals surface area contributed by atoms with Crippen LogP contribution in [0.3, 0.4) is 0 Å². The maximum absolute atomic E-state index is 13.7. The van der Waals surface area contributed by atoms with Crippen molar-refractivity contribution in [3.63, 3.8) is 0 Å². The summed E-state index contributed by atoms with van der Waals surface area (Å²) in [5.74, 6) is 1.61. The number of nitrogens with zero attached hydrogens (tertiary/aromatic N) is 3. The molecule has 1 aromatic heterocycles. The third kappa shape index (κ3) is 2.60. The topological polar surface area (TPSA) is 49.6 Å². The Morgan fingerprint density at radius 3 is 2.40 bits per heavy atom. The summed E-state index contributed by atoms with van der Waals surface area (Å²) in [7, 11) is 0. The number of aromatic nitrogens is 1. The number of hydrogen-bond acceptors (Lipinski definition) is 5. The quantitative estimate of drug-likeness (QED) is 0.458. The fourth-order valence-electron chi connectivity index (χ4n) is 5.40. The molecule has 0 N–H and O–H groups in total. The molecule has 6 rings (SSSR count). The lowest BCUT2D eigenvalue weighted by molar-refractivity contribution is 0.104. The minimum absolute atomic E-state index is 0.102. The summed E-state index contributed by atoms with van der Waals surface area (Å²) in [4.78, 5) is 18.5. The van der Waals surface area contributed by atoms with Crippen LogP contribution in [0, 0.1) is 5.92 Å². The Kier molecular flexibility index (Phi) is 4.12. The Balaban J connectivity index is 1.61. The van der Waals surface area contributed by atoms with Gasteiger partial charge in [-0.1, -0.05) is 36.3 Å². The highest BCUT2D eigenvalue weighted by molar-refractivity contribution is 6.28. The highest BCUT2D eigenvalue weighted by atomic mass is 16.5. The summed E-state index contributed by atoms with van der Waals surface area (Å²) in [5, 5.41) is 5.43. The fraction of sp³-hybridized carbons (Fsp3) is 0.440. The SMILES string of the molecule is CC1CCN(c2cc(N3CCCCC3)c3c4c(onc24)-c2ccccc2C3=O)CC1. The number of carbonyl (C=O) groups excluding carboxylic acids is 1. The van der Waals surface area contributed by atoms with Gasteiger partial charge in [-0.2, -0.15) is 0 Å². The van der Waals surface area contributed by atoms with E-state index in [2.05, 4.69) is 27.9 Å². The minimum Gasteiger partial charge on any atom is -0.371 e. The molecule has 0 saturated carbocycles. The Bertz CT molecular complexity index is 1130. The van der Waals surface area contributed by atoms with Crippen LogP contribution >= 0.6 is 0 Å². The molecule has 2 saturated heterocycles. The molecule has 2 aliphatic heterocycles. The van der Waals surface area contributed by atoms with Gasteiger partial charge in [0.05, 0.1) is 22.3 Å². The van der Waals surface area contributed by atoms with E-state index in [1.54, 1.807) is 0 Å². The number of piperidine rings is 2. The van der Waals surface area contributed by atoms with Gasteiger partial charge in [-0.15, -0.1) is 0 Å². The van der Waals surface area contributed by atoms with Crippen molar-refractivity contribution in [2.24, 2.45) is 5.92 Å². The van der Waals surface area contributed by atoms with E-state index in [0.29, 0.717) is 0 Å². The third-order valence-electron chi connectivity index (χ3n) is 7.18.